The number of amides is 1. The maximum Gasteiger partial charge on any atom is 0.245 e. The topological polar surface area (TPSA) is 32.7 Å². The Kier molecular flexibility index (Phi) is 2.84. The van der Waals surface area contributed by atoms with E-state index < -0.39 is 0 Å². The minimum Gasteiger partial charge on any atom is -0.273 e. The van der Waals surface area contributed by atoms with E-state index in [1.54, 1.807) is 7.05 Å². The van der Waals surface area contributed by atoms with Gasteiger partial charge in [-0.25, -0.2) is 5.01 Å². The molecule has 68 valence electrons. The molecule has 1 rings (SSSR count). The fourth-order valence-electron chi connectivity index (χ4n) is 1.50. The SMILES string of the molecule is CCCC1=NN(C)C(=O)C(C)C1. The smallest absolute Gasteiger partial charge is 0.245 e. The van der Waals surface area contributed by atoms with Gasteiger partial charge in [0.05, 0.1) is 0 Å². The number of rotatable bonds is 2. The normalized spacial score (nSPS) is 24.2. The summed E-state index contributed by atoms with van der Waals surface area (Å²) in [4.78, 5) is 11.3. The van der Waals surface area contributed by atoms with Crippen molar-refractivity contribution in [3.05, 3.63) is 0 Å². The summed E-state index contributed by atoms with van der Waals surface area (Å²) in [6.07, 6.45) is 2.96. The van der Waals surface area contributed by atoms with Crippen molar-refractivity contribution in [1.82, 2.24) is 5.01 Å². The fraction of sp³-hybridized carbons (Fsp3) is 0.778. The molecule has 3 heteroatoms. The van der Waals surface area contributed by atoms with E-state index in [0.29, 0.717) is 0 Å². The molecule has 0 aromatic heterocycles. The predicted octanol–water partition coefficient (Wildman–Crippen LogP) is 1.64. The van der Waals surface area contributed by atoms with Crippen molar-refractivity contribution in [2.75, 3.05) is 7.05 Å². The predicted molar refractivity (Wildman–Crippen MR) is 48.9 cm³/mol. The molecule has 3 nitrogen and oxygen atoms in total. The van der Waals surface area contributed by atoms with Crippen LogP contribution in [0.25, 0.3) is 0 Å². The van der Waals surface area contributed by atoms with Gasteiger partial charge in [0.2, 0.25) is 5.91 Å². The van der Waals surface area contributed by atoms with Crippen molar-refractivity contribution >= 4 is 11.6 Å². The summed E-state index contributed by atoms with van der Waals surface area (Å²) in [6, 6.07) is 0. The zero-order chi connectivity index (χ0) is 9.14. The second kappa shape index (κ2) is 3.70. The van der Waals surface area contributed by atoms with E-state index in [-0.39, 0.29) is 11.8 Å². The van der Waals surface area contributed by atoms with E-state index in [9.17, 15) is 4.79 Å². The second-order valence-electron chi connectivity index (χ2n) is 3.38. The van der Waals surface area contributed by atoms with Gasteiger partial charge in [-0.2, -0.15) is 5.10 Å². The number of carbonyl (C=O) groups is 1. The number of hydrazone groups is 1. The van der Waals surface area contributed by atoms with Crippen LogP contribution in [0.15, 0.2) is 5.10 Å². The molecular formula is C9H16N2O. The van der Waals surface area contributed by atoms with Crippen LogP contribution in [0.2, 0.25) is 0 Å². The van der Waals surface area contributed by atoms with Crippen LogP contribution in [-0.4, -0.2) is 23.7 Å². The summed E-state index contributed by atoms with van der Waals surface area (Å²) in [5.41, 5.74) is 1.16. The van der Waals surface area contributed by atoms with Crippen molar-refractivity contribution in [2.45, 2.75) is 33.1 Å². The van der Waals surface area contributed by atoms with Crippen LogP contribution >= 0.6 is 0 Å². The molecule has 0 radical (unpaired) electrons. The van der Waals surface area contributed by atoms with Crippen molar-refractivity contribution in [1.29, 1.82) is 0 Å². The van der Waals surface area contributed by atoms with E-state index in [2.05, 4.69) is 12.0 Å². The average molecular weight is 168 g/mol. The monoisotopic (exact) mass is 168 g/mol. The van der Waals surface area contributed by atoms with E-state index in [0.717, 1.165) is 25.0 Å². The summed E-state index contributed by atoms with van der Waals surface area (Å²) >= 11 is 0. The van der Waals surface area contributed by atoms with Gasteiger partial charge < -0.3 is 0 Å². The van der Waals surface area contributed by atoms with E-state index in [1.165, 1.54) is 5.01 Å². The van der Waals surface area contributed by atoms with E-state index in [1.807, 2.05) is 6.92 Å². The highest BCUT2D eigenvalue weighted by Crippen LogP contribution is 2.16. The van der Waals surface area contributed by atoms with Gasteiger partial charge >= 0.3 is 0 Å². The van der Waals surface area contributed by atoms with Gasteiger partial charge in [-0.1, -0.05) is 20.3 Å². The molecule has 1 aliphatic heterocycles. The first-order valence-corrected chi connectivity index (χ1v) is 4.49. The lowest BCUT2D eigenvalue weighted by Gasteiger charge is -2.24. The average Bonchev–Trinajstić information content (AvgIpc) is 2.01. The summed E-state index contributed by atoms with van der Waals surface area (Å²) in [6.45, 7) is 4.09. The molecule has 0 aliphatic carbocycles. The molecule has 0 spiro atoms. The standard InChI is InChI=1S/C9H16N2O/c1-4-5-8-6-7(2)9(12)11(3)10-8/h7H,4-6H2,1-3H3. The van der Waals surface area contributed by atoms with Crippen LogP contribution < -0.4 is 0 Å². The van der Waals surface area contributed by atoms with Crippen LogP contribution in [0.3, 0.4) is 0 Å². The van der Waals surface area contributed by atoms with Gasteiger partial charge in [0.1, 0.15) is 0 Å². The number of hydrogen-bond donors (Lipinski definition) is 0. The second-order valence-corrected chi connectivity index (χ2v) is 3.38. The van der Waals surface area contributed by atoms with Gasteiger partial charge in [0.15, 0.2) is 0 Å². The minimum absolute atomic E-state index is 0.119. The van der Waals surface area contributed by atoms with E-state index >= 15 is 0 Å². The third-order valence-electron chi connectivity index (χ3n) is 2.11. The molecule has 1 atom stereocenters. The molecule has 12 heavy (non-hydrogen) atoms. The van der Waals surface area contributed by atoms with Gasteiger partial charge in [0, 0.05) is 18.7 Å². The highest BCUT2D eigenvalue weighted by molar-refractivity contribution is 5.93. The highest BCUT2D eigenvalue weighted by atomic mass is 16.2. The number of nitrogens with zero attached hydrogens (tertiary/aromatic N) is 2. The van der Waals surface area contributed by atoms with Crippen molar-refractivity contribution < 1.29 is 4.79 Å². The molecule has 0 aromatic carbocycles. The van der Waals surface area contributed by atoms with Gasteiger partial charge in [-0.15, -0.1) is 0 Å². The molecule has 0 saturated heterocycles. The highest BCUT2D eigenvalue weighted by Gasteiger charge is 2.23. The van der Waals surface area contributed by atoms with Crippen molar-refractivity contribution in [2.24, 2.45) is 11.0 Å². The minimum atomic E-state index is 0.119. The first-order chi connectivity index (χ1) is 5.65. The van der Waals surface area contributed by atoms with Crippen molar-refractivity contribution in [3.8, 4) is 0 Å². The Balaban J connectivity index is 2.67. The summed E-state index contributed by atoms with van der Waals surface area (Å²) in [5.74, 6) is 0.254. The Morgan fingerprint density at radius 1 is 1.67 bits per heavy atom. The van der Waals surface area contributed by atoms with Gasteiger partial charge in [0.25, 0.3) is 0 Å². The summed E-state index contributed by atoms with van der Waals surface area (Å²) in [5, 5.41) is 5.68. The first kappa shape index (κ1) is 9.23. The summed E-state index contributed by atoms with van der Waals surface area (Å²) in [7, 11) is 1.73. The Labute approximate surface area is 73.4 Å². The molecule has 0 bridgehead atoms. The van der Waals surface area contributed by atoms with Gasteiger partial charge in [-0.05, 0) is 12.8 Å². The first-order valence-electron chi connectivity index (χ1n) is 4.49. The van der Waals surface area contributed by atoms with E-state index in [4.69, 9.17) is 0 Å². The third-order valence-corrected chi connectivity index (χ3v) is 2.11. The zero-order valence-electron chi connectivity index (χ0n) is 8.00. The van der Waals surface area contributed by atoms with Gasteiger partial charge in [-0.3, -0.25) is 4.79 Å². The molecular weight excluding hydrogens is 152 g/mol. The molecule has 1 amide bonds. The van der Waals surface area contributed by atoms with Crippen LogP contribution in [0.1, 0.15) is 33.1 Å². The Bertz CT molecular complexity index is 211. The van der Waals surface area contributed by atoms with Crippen LogP contribution in [0.4, 0.5) is 0 Å². The maximum absolute atomic E-state index is 11.3. The lowest BCUT2D eigenvalue weighted by atomic mass is 9.99. The molecule has 0 aromatic rings. The Morgan fingerprint density at radius 2 is 2.33 bits per heavy atom. The largest absolute Gasteiger partial charge is 0.273 e. The molecule has 0 N–H and O–H groups in total. The summed E-state index contributed by atoms with van der Waals surface area (Å²) < 4.78 is 0. The molecule has 0 fully saturated rings. The van der Waals surface area contributed by atoms with Crippen LogP contribution in [0.5, 0.6) is 0 Å². The number of carbonyl (C=O) groups excluding carboxylic acids is 1. The maximum atomic E-state index is 11.3. The Hall–Kier alpha value is -0.860. The molecule has 1 heterocycles. The molecule has 1 unspecified atom stereocenters. The Morgan fingerprint density at radius 3 is 2.83 bits per heavy atom. The number of hydrogen-bond acceptors (Lipinski definition) is 2. The third kappa shape index (κ3) is 1.84. The molecule has 0 saturated carbocycles. The lowest BCUT2D eigenvalue weighted by molar-refractivity contribution is -0.134. The lowest BCUT2D eigenvalue weighted by Crippen LogP contribution is -2.34. The quantitative estimate of drug-likeness (QED) is 0.617. The van der Waals surface area contributed by atoms with Crippen molar-refractivity contribution in [3.63, 3.8) is 0 Å². The molecule has 1 aliphatic rings. The zero-order valence-corrected chi connectivity index (χ0v) is 8.00. The fourth-order valence-corrected chi connectivity index (χ4v) is 1.50. The van der Waals surface area contributed by atoms with Crippen LogP contribution in [-0.2, 0) is 4.79 Å². The van der Waals surface area contributed by atoms with Crippen LogP contribution in [0, 0.1) is 5.92 Å².